The van der Waals surface area contributed by atoms with Crippen LogP contribution in [0.4, 0.5) is 0 Å². The lowest BCUT2D eigenvalue weighted by Gasteiger charge is -2.07. The van der Waals surface area contributed by atoms with Gasteiger partial charge >= 0.3 is 5.97 Å². The number of rotatable bonds is 2. The lowest BCUT2D eigenvalue weighted by molar-refractivity contribution is -0.138. The number of fused-ring (bicyclic) bond motifs is 2. The van der Waals surface area contributed by atoms with Crippen molar-refractivity contribution in [2.75, 3.05) is 6.79 Å². The van der Waals surface area contributed by atoms with Gasteiger partial charge in [-0.15, -0.1) is 0 Å². The molecule has 21 heavy (non-hydrogen) atoms. The number of aromatic nitrogens is 1. The third-order valence-electron chi connectivity index (χ3n) is 4.02. The van der Waals surface area contributed by atoms with E-state index in [-0.39, 0.29) is 6.79 Å². The standard InChI is InChI=1S/C16H13NO4/c18-16(19)11-3-5-13-10(11)2-4-12(17-13)9-1-6-14-15(7-9)21-8-20-14/h1-2,4,6-7,11H,3,5,8H2,(H,18,19). The summed E-state index contributed by atoms with van der Waals surface area (Å²) in [5, 5.41) is 9.19. The first-order valence-electron chi connectivity index (χ1n) is 6.85. The molecule has 2 aliphatic rings. The van der Waals surface area contributed by atoms with Gasteiger partial charge in [-0.3, -0.25) is 9.78 Å². The van der Waals surface area contributed by atoms with Gasteiger partial charge in [-0.1, -0.05) is 6.07 Å². The molecule has 1 N–H and O–H groups in total. The summed E-state index contributed by atoms with van der Waals surface area (Å²) >= 11 is 0. The Morgan fingerprint density at radius 2 is 2.05 bits per heavy atom. The number of carboxylic acid groups (broad SMARTS) is 1. The van der Waals surface area contributed by atoms with E-state index in [1.165, 1.54) is 0 Å². The van der Waals surface area contributed by atoms with Crippen LogP contribution in [0.1, 0.15) is 23.6 Å². The number of ether oxygens (including phenoxy) is 2. The van der Waals surface area contributed by atoms with Crippen molar-refractivity contribution in [3.63, 3.8) is 0 Å². The van der Waals surface area contributed by atoms with E-state index in [0.717, 1.165) is 34.0 Å². The minimum Gasteiger partial charge on any atom is -0.481 e. The Morgan fingerprint density at radius 3 is 2.90 bits per heavy atom. The lowest BCUT2D eigenvalue weighted by atomic mass is 10.0. The molecule has 2 heterocycles. The van der Waals surface area contributed by atoms with E-state index < -0.39 is 11.9 Å². The van der Waals surface area contributed by atoms with E-state index in [0.29, 0.717) is 12.8 Å². The van der Waals surface area contributed by atoms with Crippen LogP contribution in [-0.4, -0.2) is 22.9 Å². The number of hydrogen-bond acceptors (Lipinski definition) is 4. The normalized spacial score (nSPS) is 18.6. The lowest BCUT2D eigenvalue weighted by Crippen LogP contribution is -2.07. The summed E-state index contributed by atoms with van der Waals surface area (Å²) in [5.74, 6) is 0.272. The van der Waals surface area contributed by atoms with E-state index >= 15 is 0 Å². The van der Waals surface area contributed by atoms with Gasteiger partial charge in [-0.05, 0) is 42.7 Å². The molecule has 0 saturated carbocycles. The Bertz CT molecular complexity index is 741. The van der Waals surface area contributed by atoms with Crippen molar-refractivity contribution >= 4 is 5.97 Å². The zero-order valence-electron chi connectivity index (χ0n) is 11.2. The van der Waals surface area contributed by atoms with E-state index in [1.807, 2.05) is 30.3 Å². The van der Waals surface area contributed by atoms with Crippen LogP contribution < -0.4 is 9.47 Å². The molecule has 0 fully saturated rings. The molecule has 2 aromatic rings. The average molecular weight is 283 g/mol. The Balaban J connectivity index is 1.73. The molecule has 0 radical (unpaired) electrons. The molecule has 0 saturated heterocycles. The third-order valence-corrected chi connectivity index (χ3v) is 4.02. The highest BCUT2D eigenvalue weighted by Gasteiger charge is 2.29. The first-order valence-corrected chi connectivity index (χ1v) is 6.85. The van der Waals surface area contributed by atoms with Crippen LogP contribution in [0, 0.1) is 0 Å². The fourth-order valence-corrected chi connectivity index (χ4v) is 2.94. The second kappa shape index (κ2) is 4.48. The van der Waals surface area contributed by atoms with Crippen molar-refractivity contribution in [1.82, 2.24) is 4.98 Å². The van der Waals surface area contributed by atoms with Crippen LogP contribution in [0.3, 0.4) is 0 Å². The summed E-state index contributed by atoms with van der Waals surface area (Å²) in [6.07, 6.45) is 1.34. The maximum atomic E-state index is 11.2. The maximum absolute atomic E-state index is 11.2. The van der Waals surface area contributed by atoms with Crippen LogP contribution in [0.25, 0.3) is 11.3 Å². The Morgan fingerprint density at radius 1 is 1.19 bits per heavy atom. The molecule has 106 valence electrons. The van der Waals surface area contributed by atoms with Crippen LogP contribution in [-0.2, 0) is 11.2 Å². The number of benzene rings is 1. The minimum atomic E-state index is -0.772. The predicted octanol–water partition coefficient (Wildman–Crippen LogP) is 2.59. The molecule has 1 aromatic heterocycles. The molecular weight excluding hydrogens is 270 g/mol. The first-order chi connectivity index (χ1) is 10.2. The van der Waals surface area contributed by atoms with E-state index in [4.69, 9.17) is 9.47 Å². The molecule has 1 unspecified atom stereocenters. The fourth-order valence-electron chi connectivity index (χ4n) is 2.94. The van der Waals surface area contributed by atoms with Gasteiger partial charge < -0.3 is 14.6 Å². The van der Waals surface area contributed by atoms with Crippen LogP contribution >= 0.6 is 0 Å². The number of carbonyl (C=O) groups is 1. The van der Waals surface area contributed by atoms with Gasteiger partial charge in [0.1, 0.15) is 0 Å². The van der Waals surface area contributed by atoms with Crippen molar-refractivity contribution in [1.29, 1.82) is 0 Å². The highest BCUT2D eigenvalue weighted by atomic mass is 16.7. The van der Waals surface area contributed by atoms with Gasteiger partial charge in [0, 0.05) is 11.3 Å². The molecule has 4 rings (SSSR count). The fraction of sp³-hybridized carbons (Fsp3) is 0.250. The van der Waals surface area contributed by atoms with Crippen molar-refractivity contribution in [2.45, 2.75) is 18.8 Å². The molecule has 5 heteroatoms. The number of hydrogen-bond donors (Lipinski definition) is 1. The minimum absolute atomic E-state index is 0.247. The Kier molecular flexibility index (Phi) is 2.60. The molecule has 0 spiro atoms. The first kappa shape index (κ1) is 12.2. The summed E-state index contributed by atoms with van der Waals surface area (Å²) < 4.78 is 10.7. The molecule has 1 aliphatic carbocycles. The monoisotopic (exact) mass is 283 g/mol. The zero-order valence-corrected chi connectivity index (χ0v) is 11.2. The molecule has 1 aliphatic heterocycles. The summed E-state index contributed by atoms with van der Waals surface area (Å²) in [4.78, 5) is 15.8. The van der Waals surface area contributed by atoms with Crippen LogP contribution in [0.5, 0.6) is 11.5 Å². The van der Waals surface area contributed by atoms with Gasteiger partial charge in [-0.25, -0.2) is 0 Å². The second-order valence-electron chi connectivity index (χ2n) is 5.23. The average Bonchev–Trinajstić information content (AvgIpc) is 3.12. The molecule has 1 aromatic carbocycles. The molecule has 1 atom stereocenters. The Hall–Kier alpha value is -2.56. The second-order valence-corrected chi connectivity index (χ2v) is 5.23. The summed E-state index contributed by atoms with van der Waals surface area (Å²) in [6, 6.07) is 9.46. The molecule has 0 bridgehead atoms. The summed E-state index contributed by atoms with van der Waals surface area (Å²) in [7, 11) is 0. The van der Waals surface area contributed by atoms with Gasteiger partial charge in [0.05, 0.1) is 11.6 Å². The summed E-state index contributed by atoms with van der Waals surface area (Å²) in [5.41, 5.74) is 3.50. The number of aryl methyl sites for hydroxylation is 1. The van der Waals surface area contributed by atoms with Gasteiger partial charge in [0.2, 0.25) is 6.79 Å². The summed E-state index contributed by atoms with van der Waals surface area (Å²) in [6.45, 7) is 0.247. The third kappa shape index (κ3) is 1.93. The number of carboxylic acids is 1. The van der Waals surface area contributed by atoms with Crippen LogP contribution in [0.2, 0.25) is 0 Å². The quantitative estimate of drug-likeness (QED) is 0.917. The topological polar surface area (TPSA) is 68.7 Å². The van der Waals surface area contributed by atoms with Gasteiger partial charge in [-0.2, -0.15) is 0 Å². The SMILES string of the molecule is O=C(O)C1CCc2nc(-c3ccc4c(c3)OCO4)ccc21. The predicted molar refractivity (Wildman–Crippen MR) is 74.5 cm³/mol. The smallest absolute Gasteiger partial charge is 0.311 e. The van der Waals surface area contributed by atoms with Crippen molar-refractivity contribution in [3.05, 3.63) is 41.6 Å². The highest BCUT2D eigenvalue weighted by Crippen LogP contribution is 2.37. The van der Waals surface area contributed by atoms with E-state index in [1.54, 1.807) is 0 Å². The molecule has 5 nitrogen and oxygen atoms in total. The Labute approximate surface area is 121 Å². The maximum Gasteiger partial charge on any atom is 0.311 e. The molecule has 0 amide bonds. The van der Waals surface area contributed by atoms with Gasteiger partial charge in [0.15, 0.2) is 11.5 Å². The van der Waals surface area contributed by atoms with Gasteiger partial charge in [0.25, 0.3) is 0 Å². The zero-order chi connectivity index (χ0) is 14.4. The largest absolute Gasteiger partial charge is 0.481 e. The van der Waals surface area contributed by atoms with Crippen molar-refractivity contribution < 1.29 is 19.4 Å². The number of pyridine rings is 1. The van der Waals surface area contributed by atoms with E-state index in [9.17, 15) is 9.90 Å². The van der Waals surface area contributed by atoms with E-state index in [2.05, 4.69) is 4.98 Å². The highest BCUT2D eigenvalue weighted by molar-refractivity contribution is 5.78. The van der Waals surface area contributed by atoms with Crippen LogP contribution in [0.15, 0.2) is 30.3 Å². The molecular formula is C16H13NO4. The van der Waals surface area contributed by atoms with Crippen molar-refractivity contribution in [3.8, 4) is 22.8 Å². The number of aliphatic carboxylic acids is 1. The van der Waals surface area contributed by atoms with Crippen molar-refractivity contribution in [2.24, 2.45) is 0 Å². The number of nitrogens with zero attached hydrogens (tertiary/aromatic N) is 1.